The van der Waals surface area contributed by atoms with Gasteiger partial charge in [0.05, 0.1) is 0 Å². The zero-order valence-corrected chi connectivity index (χ0v) is 13.2. The molecule has 1 aromatic rings. The van der Waals surface area contributed by atoms with Crippen LogP contribution in [0.15, 0.2) is 17.5 Å². The van der Waals surface area contributed by atoms with E-state index in [4.69, 9.17) is 0 Å². The molecule has 0 amide bonds. The lowest BCUT2D eigenvalue weighted by atomic mass is 10.2. The molecule has 1 atom stereocenters. The Morgan fingerprint density at radius 1 is 1.20 bits per heavy atom. The summed E-state index contributed by atoms with van der Waals surface area (Å²) >= 11 is 1.87. The fraction of sp³-hybridized carbons (Fsp3) is 0.750. The Hall–Kier alpha value is -0.420. The van der Waals surface area contributed by atoms with E-state index in [1.54, 1.807) is 0 Å². The molecule has 0 spiro atoms. The van der Waals surface area contributed by atoms with Crippen molar-refractivity contribution in [3.8, 4) is 0 Å². The standard InChI is InChI=1S/C16H27N3S/c1-4-15-14-18(9-3-11-19(15)10-1)12-8-17-7-6-16-5-2-13-20-16/h2,5,13,15,17H,1,3-4,6-12,14H2. The van der Waals surface area contributed by atoms with Gasteiger partial charge in [-0.05, 0) is 56.8 Å². The maximum Gasteiger partial charge on any atom is 0.0223 e. The molecule has 112 valence electrons. The molecule has 1 unspecified atom stereocenters. The largest absolute Gasteiger partial charge is 0.315 e. The number of rotatable bonds is 6. The lowest BCUT2D eigenvalue weighted by Crippen LogP contribution is -2.39. The Morgan fingerprint density at radius 3 is 3.05 bits per heavy atom. The van der Waals surface area contributed by atoms with Crippen molar-refractivity contribution in [1.29, 1.82) is 0 Å². The van der Waals surface area contributed by atoms with Crippen LogP contribution >= 0.6 is 11.3 Å². The second kappa shape index (κ2) is 7.55. The average molecular weight is 293 g/mol. The zero-order chi connectivity index (χ0) is 13.6. The SMILES string of the molecule is c1csc(CCNCCN2CCCN3CCCC3C2)c1. The Labute approximate surface area is 127 Å². The van der Waals surface area contributed by atoms with Crippen molar-refractivity contribution in [2.24, 2.45) is 0 Å². The Bertz CT molecular complexity index is 379. The predicted molar refractivity (Wildman–Crippen MR) is 86.5 cm³/mol. The smallest absolute Gasteiger partial charge is 0.0223 e. The van der Waals surface area contributed by atoms with Crippen molar-refractivity contribution < 1.29 is 0 Å². The normalized spacial score (nSPS) is 24.7. The Kier molecular flexibility index (Phi) is 5.48. The summed E-state index contributed by atoms with van der Waals surface area (Å²) in [6.07, 6.45) is 5.36. The Balaban J connectivity index is 1.31. The van der Waals surface area contributed by atoms with Gasteiger partial charge in [-0.3, -0.25) is 4.90 Å². The van der Waals surface area contributed by atoms with Crippen LogP contribution in [0, 0.1) is 0 Å². The molecule has 0 aromatic carbocycles. The van der Waals surface area contributed by atoms with Gasteiger partial charge in [0, 0.05) is 37.1 Å². The van der Waals surface area contributed by atoms with Gasteiger partial charge in [-0.25, -0.2) is 0 Å². The third-order valence-electron chi connectivity index (χ3n) is 4.62. The molecule has 1 N–H and O–H groups in total. The highest BCUT2D eigenvalue weighted by Crippen LogP contribution is 2.20. The van der Waals surface area contributed by atoms with Crippen molar-refractivity contribution in [3.05, 3.63) is 22.4 Å². The minimum absolute atomic E-state index is 0.851. The van der Waals surface area contributed by atoms with Crippen LogP contribution < -0.4 is 5.32 Å². The number of nitrogens with zero attached hydrogens (tertiary/aromatic N) is 2. The molecule has 2 aliphatic rings. The van der Waals surface area contributed by atoms with Crippen LogP contribution in [-0.2, 0) is 6.42 Å². The molecule has 20 heavy (non-hydrogen) atoms. The van der Waals surface area contributed by atoms with Gasteiger partial charge in [0.25, 0.3) is 0 Å². The molecule has 4 heteroatoms. The van der Waals surface area contributed by atoms with Crippen LogP contribution in [0.25, 0.3) is 0 Å². The van der Waals surface area contributed by atoms with Crippen molar-refractivity contribution in [2.45, 2.75) is 31.7 Å². The molecule has 0 saturated carbocycles. The fourth-order valence-electron chi connectivity index (χ4n) is 3.51. The van der Waals surface area contributed by atoms with Crippen LogP contribution in [0.3, 0.4) is 0 Å². The number of thiophene rings is 1. The number of nitrogens with one attached hydrogen (secondary N) is 1. The highest BCUT2D eigenvalue weighted by molar-refractivity contribution is 7.09. The van der Waals surface area contributed by atoms with Crippen LogP contribution in [0.2, 0.25) is 0 Å². The molecular weight excluding hydrogens is 266 g/mol. The summed E-state index contributed by atoms with van der Waals surface area (Å²) in [4.78, 5) is 6.88. The molecule has 0 bridgehead atoms. The molecule has 0 aliphatic carbocycles. The third-order valence-corrected chi connectivity index (χ3v) is 5.56. The van der Waals surface area contributed by atoms with Crippen LogP contribution in [0.4, 0.5) is 0 Å². The quantitative estimate of drug-likeness (QED) is 0.810. The van der Waals surface area contributed by atoms with E-state index in [9.17, 15) is 0 Å². The maximum atomic E-state index is 3.60. The molecule has 0 radical (unpaired) electrons. The fourth-order valence-corrected chi connectivity index (χ4v) is 4.22. The molecule has 3 rings (SSSR count). The maximum absolute atomic E-state index is 3.60. The van der Waals surface area contributed by atoms with E-state index in [1.165, 1.54) is 63.3 Å². The van der Waals surface area contributed by atoms with Crippen LogP contribution in [0.1, 0.15) is 24.1 Å². The number of hydrogen-bond donors (Lipinski definition) is 1. The molecule has 3 nitrogen and oxygen atoms in total. The van der Waals surface area contributed by atoms with E-state index in [1.807, 2.05) is 11.3 Å². The van der Waals surface area contributed by atoms with Crippen molar-refractivity contribution in [3.63, 3.8) is 0 Å². The van der Waals surface area contributed by atoms with E-state index >= 15 is 0 Å². The summed E-state index contributed by atoms with van der Waals surface area (Å²) in [5.74, 6) is 0. The molecule has 2 saturated heterocycles. The molecule has 2 aliphatic heterocycles. The summed E-state index contributed by atoms with van der Waals surface area (Å²) in [6, 6.07) is 5.23. The van der Waals surface area contributed by atoms with Gasteiger partial charge in [0.2, 0.25) is 0 Å². The van der Waals surface area contributed by atoms with Crippen molar-refractivity contribution >= 4 is 11.3 Å². The van der Waals surface area contributed by atoms with Gasteiger partial charge in [-0.15, -0.1) is 11.3 Å². The highest BCUT2D eigenvalue weighted by atomic mass is 32.1. The Morgan fingerprint density at radius 2 is 2.15 bits per heavy atom. The first kappa shape index (κ1) is 14.5. The van der Waals surface area contributed by atoms with E-state index in [0.29, 0.717) is 0 Å². The first-order valence-electron chi connectivity index (χ1n) is 8.11. The summed E-state index contributed by atoms with van der Waals surface area (Å²) in [5, 5.41) is 5.77. The van der Waals surface area contributed by atoms with Gasteiger partial charge >= 0.3 is 0 Å². The molecule has 3 heterocycles. The molecule has 1 aromatic heterocycles. The van der Waals surface area contributed by atoms with Crippen molar-refractivity contribution in [1.82, 2.24) is 15.1 Å². The zero-order valence-electron chi connectivity index (χ0n) is 12.4. The lowest BCUT2D eigenvalue weighted by molar-refractivity contribution is 0.220. The monoisotopic (exact) mass is 293 g/mol. The van der Waals surface area contributed by atoms with Crippen LogP contribution in [-0.4, -0.2) is 61.7 Å². The summed E-state index contributed by atoms with van der Waals surface area (Å²) in [7, 11) is 0. The van der Waals surface area contributed by atoms with Crippen molar-refractivity contribution in [2.75, 3.05) is 45.8 Å². The third kappa shape index (κ3) is 4.04. The van der Waals surface area contributed by atoms with Crippen LogP contribution in [0.5, 0.6) is 0 Å². The highest BCUT2D eigenvalue weighted by Gasteiger charge is 2.28. The minimum Gasteiger partial charge on any atom is -0.315 e. The second-order valence-electron chi connectivity index (χ2n) is 6.07. The summed E-state index contributed by atoms with van der Waals surface area (Å²) in [6.45, 7) is 8.73. The molecular formula is C16H27N3S. The number of fused-ring (bicyclic) bond motifs is 1. The first-order chi connectivity index (χ1) is 9.92. The predicted octanol–water partition coefficient (Wildman–Crippen LogP) is 2.05. The van der Waals surface area contributed by atoms with Gasteiger partial charge in [0.1, 0.15) is 0 Å². The van der Waals surface area contributed by atoms with Gasteiger partial charge < -0.3 is 10.2 Å². The topological polar surface area (TPSA) is 18.5 Å². The summed E-state index contributed by atoms with van der Waals surface area (Å²) < 4.78 is 0. The second-order valence-corrected chi connectivity index (χ2v) is 7.10. The average Bonchev–Trinajstić information content (AvgIpc) is 3.08. The van der Waals surface area contributed by atoms with Gasteiger partial charge in [0.15, 0.2) is 0 Å². The summed E-state index contributed by atoms with van der Waals surface area (Å²) in [5.41, 5.74) is 0. The van der Waals surface area contributed by atoms with E-state index in [-0.39, 0.29) is 0 Å². The van der Waals surface area contributed by atoms with Gasteiger partial charge in [-0.1, -0.05) is 6.07 Å². The van der Waals surface area contributed by atoms with Gasteiger partial charge in [-0.2, -0.15) is 0 Å². The lowest BCUT2D eigenvalue weighted by Gasteiger charge is -2.25. The van der Waals surface area contributed by atoms with E-state index in [0.717, 1.165) is 19.1 Å². The first-order valence-corrected chi connectivity index (χ1v) is 8.99. The molecule has 2 fully saturated rings. The van der Waals surface area contributed by atoms with E-state index in [2.05, 4.69) is 32.6 Å². The van der Waals surface area contributed by atoms with E-state index < -0.39 is 0 Å². The minimum atomic E-state index is 0.851. The number of hydrogen-bond acceptors (Lipinski definition) is 4.